The van der Waals surface area contributed by atoms with Crippen LogP contribution in [0.2, 0.25) is 10.0 Å². The van der Waals surface area contributed by atoms with Crippen LogP contribution in [0.15, 0.2) is 24.4 Å². The molecule has 1 aliphatic rings. The van der Waals surface area contributed by atoms with Crippen molar-refractivity contribution in [1.82, 2.24) is 20.5 Å². The van der Waals surface area contributed by atoms with Crippen LogP contribution < -0.4 is 21.1 Å². The summed E-state index contributed by atoms with van der Waals surface area (Å²) >= 11 is 12.2. The molecule has 1 atom stereocenters. The lowest BCUT2D eigenvalue weighted by atomic mass is 10.1. The van der Waals surface area contributed by atoms with Crippen LogP contribution in [0, 0.1) is 17.7 Å². The number of urea groups is 1. The van der Waals surface area contributed by atoms with Gasteiger partial charge in [-0.05, 0) is 52.0 Å². The highest BCUT2D eigenvalue weighted by atomic mass is 35.5. The van der Waals surface area contributed by atoms with Gasteiger partial charge in [-0.2, -0.15) is 0 Å². The third kappa shape index (κ3) is 6.87. The number of pyridine rings is 1. The summed E-state index contributed by atoms with van der Waals surface area (Å²) in [4.78, 5) is 18.4. The number of anilines is 1. The summed E-state index contributed by atoms with van der Waals surface area (Å²) in [6.07, 6.45) is 2.68. The minimum Gasteiger partial charge on any atom is -0.482 e. The van der Waals surface area contributed by atoms with E-state index in [-0.39, 0.29) is 40.2 Å². The molecule has 0 saturated carbocycles. The molecule has 7 nitrogen and oxygen atoms in total. The molecule has 0 bridgehead atoms. The number of hydrogen-bond donors (Lipinski definition) is 3. The highest BCUT2D eigenvalue weighted by molar-refractivity contribution is 6.36. The summed E-state index contributed by atoms with van der Waals surface area (Å²) in [7, 11) is 2.07. The van der Waals surface area contributed by atoms with Crippen molar-refractivity contribution in [2.45, 2.75) is 31.9 Å². The highest BCUT2D eigenvalue weighted by Gasteiger charge is 2.20. The van der Waals surface area contributed by atoms with E-state index in [1.54, 1.807) is 13.0 Å². The molecule has 176 valence electrons. The van der Waals surface area contributed by atoms with Crippen molar-refractivity contribution in [3.63, 3.8) is 0 Å². The van der Waals surface area contributed by atoms with Crippen LogP contribution in [0.3, 0.4) is 0 Å². The number of nitrogens with two attached hydrogens (primary N) is 1. The van der Waals surface area contributed by atoms with E-state index >= 15 is 0 Å². The Labute approximate surface area is 202 Å². The Morgan fingerprint density at radius 1 is 1.39 bits per heavy atom. The summed E-state index contributed by atoms with van der Waals surface area (Å²) in [5.41, 5.74) is 6.78. The SMILES string of the molecule is CC(Oc1cc(C#CCNC(=O)NC2CCN(C)CC2)cnc1N)c1c(Cl)ccc(F)c1Cl. The number of benzene rings is 1. The molecule has 1 aromatic carbocycles. The lowest BCUT2D eigenvalue weighted by Crippen LogP contribution is -2.47. The second-order valence-electron chi connectivity index (χ2n) is 7.83. The zero-order valence-corrected chi connectivity index (χ0v) is 19.9. The Kier molecular flexibility index (Phi) is 8.61. The van der Waals surface area contributed by atoms with Gasteiger partial charge in [-0.3, -0.25) is 0 Å². The van der Waals surface area contributed by atoms with Crippen LogP contribution in [-0.4, -0.2) is 48.6 Å². The summed E-state index contributed by atoms with van der Waals surface area (Å²) in [5.74, 6) is 5.60. The highest BCUT2D eigenvalue weighted by Crippen LogP contribution is 2.35. The monoisotopic (exact) mass is 493 g/mol. The summed E-state index contributed by atoms with van der Waals surface area (Å²) < 4.78 is 19.7. The molecule has 1 aliphatic heterocycles. The van der Waals surface area contributed by atoms with Gasteiger partial charge in [0.25, 0.3) is 0 Å². The third-order valence-corrected chi connectivity index (χ3v) is 6.01. The predicted octanol–water partition coefficient (Wildman–Crippen LogP) is 3.99. The Morgan fingerprint density at radius 3 is 2.85 bits per heavy atom. The first-order valence-electron chi connectivity index (χ1n) is 10.5. The average molecular weight is 494 g/mol. The molecule has 2 amide bonds. The quantitative estimate of drug-likeness (QED) is 0.432. The van der Waals surface area contributed by atoms with Crippen molar-refractivity contribution < 1.29 is 13.9 Å². The normalized spacial score (nSPS) is 15.3. The molecule has 1 saturated heterocycles. The molecule has 33 heavy (non-hydrogen) atoms. The van der Waals surface area contributed by atoms with Gasteiger partial charge >= 0.3 is 6.03 Å². The number of carbonyl (C=O) groups excluding carboxylic acids is 1. The van der Waals surface area contributed by atoms with Crippen LogP contribution in [-0.2, 0) is 0 Å². The fraction of sp³-hybridized carbons (Fsp3) is 0.391. The van der Waals surface area contributed by atoms with Crippen molar-refractivity contribution in [2.24, 2.45) is 0 Å². The van der Waals surface area contributed by atoms with E-state index in [0.29, 0.717) is 11.1 Å². The number of carbonyl (C=O) groups is 1. The van der Waals surface area contributed by atoms with E-state index in [0.717, 1.165) is 25.9 Å². The maximum absolute atomic E-state index is 13.8. The number of nitrogen functional groups attached to an aromatic ring is 1. The summed E-state index contributed by atoms with van der Waals surface area (Å²) in [6, 6.07) is 4.16. The molecule has 3 rings (SSSR count). The predicted molar refractivity (Wildman–Crippen MR) is 128 cm³/mol. The molecule has 2 heterocycles. The van der Waals surface area contributed by atoms with E-state index in [1.807, 2.05) is 0 Å². The lowest BCUT2D eigenvalue weighted by molar-refractivity contribution is 0.214. The first-order chi connectivity index (χ1) is 15.7. The Bertz CT molecular complexity index is 1060. The van der Waals surface area contributed by atoms with Crippen molar-refractivity contribution in [1.29, 1.82) is 0 Å². The molecular weight excluding hydrogens is 468 g/mol. The average Bonchev–Trinajstić information content (AvgIpc) is 2.78. The summed E-state index contributed by atoms with van der Waals surface area (Å²) in [6.45, 7) is 3.78. The molecule has 0 spiro atoms. The standard InChI is InChI=1S/C23H26Cl2FN5O2/c1-14(20-17(24)5-6-18(26)21(20)25)33-19-12-15(13-29-22(19)27)4-3-9-28-23(32)30-16-7-10-31(2)11-8-16/h5-6,12-14,16H,7-11H2,1-2H3,(H2,27,29)(H2,28,30,32). The maximum Gasteiger partial charge on any atom is 0.315 e. The van der Waals surface area contributed by atoms with Gasteiger partial charge in [0.05, 0.1) is 11.6 Å². The topological polar surface area (TPSA) is 92.5 Å². The second kappa shape index (κ2) is 11.4. The largest absolute Gasteiger partial charge is 0.482 e. The fourth-order valence-corrected chi connectivity index (χ4v) is 4.12. The van der Waals surface area contributed by atoms with Gasteiger partial charge < -0.3 is 26.0 Å². The Hall–Kier alpha value is -2.73. The van der Waals surface area contributed by atoms with Crippen molar-refractivity contribution in [3.8, 4) is 17.6 Å². The van der Waals surface area contributed by atoms with Gasteiger partial charge in [0.1, 0.15) is 11.9 Å². The van der Waals surface area contributed by atoms with Crippen LogP contribution in [0.4, 0.5) is 15.0 Å². The lowest BCUT2D eigenvalue weighted by Gasteiger charge is -2.29. The number of aromatic nitrogens is 1. The van der Waals surface area contributed by atoms with Crippen LogP contribution in [0.25, 0.3) is 0 Å². The molecule has 10 heteroatoms. The number of nitrogens with zero attached hydrogens (tertiary/aromatic N) is 2. The van der Waals surface area contributed by atoms with Gasteiger partial charge in [-0.15, -0.1) is 0 Å². The zero-order chi connectivity index (χ0) is 24.0. The second-order valence-corrected chi connectivity index (χ2v) is 8.62. The van der Waals surface area contributed by atoms with E-state index in [9.17, 15) is 9.18 Å². The zero-order valence-electron chi connectivity index (χ0n) is 18.4. The van der Waals surface area contributed by atoms with Gasteiger partial charge in [-0.25, -0.2) is 14.2 Å². The number of likely N-dealkylation sites (tertiary alicyclic amines) is 1. The Balaban J connectivity index is 1.58. The fourth-order valence-electron chi connectivity index (χ4n) is 3.44. The van der Waals surface area contributed by atoms with E-state index in [2.05, 4.69) is 39.4 Å². The Morgan fingerprint density at radius 2 is 2.12 bits per heavy atom. The number of halogens is 3. The van der Waals surface area contributed by atoms with E-state index < -0.39 is 11.9 Å². The molecule has 0 aliphatic carbocycles. The molecule has 0 radical (unpaired) electrons. The first kappa shape index (κ1) is 24.9. The summed E-state index contributed by atoms with van der Waals surface area (Å²) in [5, 5.41) is 5.86. The van der Waals surface area contributed by atoms with Gasteiger partial charge in [-0.1, -0.05) is 35.0 Å². The number of ether oxygens (including phenoxy) is 1. The number of hydrogen-bond acceptors (Lipinski definition) is 5. The number of rotatable bonds is 5. The van der Waals surface area contributed by atoms with Gasteiger partial charge in [0, 0.05) is 34.5 Å². The molecule has 4 N–H and O–H groups in total. The maximum atomic E-state index is 13.8. The molecule has 1 unspecified atom stereocenters. The van der Waals surface area contributed by atoms with Gasteiger partial charge in [0.15, 0.2) is 11.6 Å². The van der Waals surface area contributed by atoms with E-state index in [1.165, 1.54) is 18.3 Å². The van der Waals surface area contributed by atoms with Crippen molar-refractivity contribution >= 4 is 35.1 Å². The molecule has 1 aromatic heterocycles. The minimum atomic E-state index is -0.682. The molecular formula is C23H26Cl2FN5O2. The van der Waals surface area contributed by atoms with Crippen molar-refractivity contribution in [2.75, 3.05) is 32.4 Å². The van der Waals surface area contributed by atoms with Gasteiger partial charge in [0.2, 0.25) is 0 Å². The van der Waals surface area contributed by atoms with E-state index in [4.69, 9.17) is 33.7 Å². The number of nitrogens with one attached hydrogen (secondary N) is 2. The molecule has 1 fully saturated rings. The number of amides is 2. The third-order valence-electron chi connectivity index (χ3n) is 5.30. The smallest absolute Gasteiger partial charge is 0.315 e. The number of piperidine rings is 1. The molecule has 2 aromatic rings. The van der Waals surface area contributed by atoms with Crippen LogP contribution in [0.1, 0.15) is 37.0 Å². The van der Waals surface area contributed by atoms with Crippen LogP contribution >= 0.6 is 23.2 Å². The van der Waals surface area contributed by atoms with Crippen LogP contribution in [0.5, 0.6) is 5.75 Å². The first-order valence-corrected chi connectivity index (χ1v) is 11.3. The minimum absolute atomic E-state index is 0.109. The van der Waals surface area contributed by atoms with Crippen molar-refractivity contribution in [3.05, 3.63) is 51.4 Å².